The summed E-state index contributed by atoms with van der Waals surface area (Å²) >= 11 is 3.28. The molecule has 0 aliphatic heterocycles. The Morgan fingerprint density at radius 3 is 2.14 bits per heavy atom. The van der Waals surface area contributed by atoms with Crippen LogP contribution >= 0.6 is 15.9 Å². The van der Waals surface area contributed by atoms with Crippen molar-refractivity contribution in [3.8, 4) is 0 Å². The van der Waals surface area contributed by atoms with Gasteiger partial charge in [0, 0.05) is 17.2 Å². The van der Waals surface area contributed by atoms with Gasteiger partial charge in [0.1, 0.15) is 0 Å². The van der Waals surface area contributed by atoms with Crippen LogP contribution in [0.4, 0.5) is 18.9 Å². The summed E-state index contributed by atoms with van der Waals surface area (Å²) in [5.41, 5.74) is 0.0941. The molecule has 0 aliphatic rings. The van der Waals surface area contributed by atoms with Gasteiger partial charge in [-0.1, -0.05) is 12.1 Å². The van der Waals surface area contributed by atoms with E-state index in [0.29, 0.717) is 15.7 Å². The number of hydrogen-bond acceptors (Lipinski definition) is 1. The van der Waals surface area contributed by atoms with Gasteiger partial charge >= 0.3 is 6.18 Å². The summed E-state index contributed by atoms with van der Waals surface area (Å²) in [4.78, 5) is 13.6. The molecule has 0 N–H and O–H groups in total. The van der Waals surface area contributed by atoms with Gasteiger partial charge in [-0.25, -0.2) is 0 Å². The standard InChI is InChI=1S/C15H11BrF3NO/c1-20(14(21)12-4-2-3-5-13(12)16)11-8-6-10(7-9-11)15(17,18)19/h2-9H,1H3. The highest BCUT2D eigenvalue weighted by atomic mass is 79.9. The summed E-state index contributed by atoms with van der Waals surface area (Å²) < 4.78 is 38.2. The minimum absolute atomic E-state index is 0.303. The first-order chi connectivity index (χ1) is 9.80. The van der Waals surface area contributed by atoms with Crippen molar-refractivity contribution in [1.29, 1.82) is 0 Å². The van der Waals surface area contributed by atoms with Crippen LogP contribution in [0.1, 0.15) is 15.9 Å². The van der Waals surface area contributed by atoms with Gasteiger partial charge in [0.05, 0.1) is 11.1 Å². The zero-order valence-corrected chi connectivity index (χ0v) is 12.6. The fraction of sp³-hybridized carbons (Fsp3) is 0.133. The predicted octanol–water partition coefficient (Wildman–Crippen LogP) is 4.74. The number of carbonyl (C=O) groups is 1. The van der Waals surface area contributed by atoms with Crippen LogP contribution in [0.25, 0.3) is 0 Å². The molecule has 110 valence electrons. The molecular weight excluding hydrogens is 347 g/mol. The van der Waals surface area contributed by atoms with E-state index in [1.807, 2.05) is 0 Å². The number of rotatable bonds is 2. The summed E-state index contributed by atoms with van der Waals surface area (Å²) in [7, 11) is 1.52. The summed E-state index contributed by atoms with van der Waals surface area (Å²) in [5.74, 6) is -0.303. The monoisotopic (exact) mass is 357 g/mol. The second-order valence-corrected chi connectivity index (χ2v) is 5.24. The maximum Gasteiger partial charge on any atom is 0.416 e. The molecule has 0 spiro atoms. The molecule has 0 aromatic heterocycles. The van der Waals surface area contributed by atoms with Gasteiger partial charge in [0.25, 0.3) is 5.91 Å². The second kappa shape index (κ2) is 5.89. The van der Waals surface area contributed by atoms with Crippen molar-refractivity contribution in [2.45, 2.75) is 6.18 Å². The molecule has 0 bridgehead atoms. The van der Waals surface area contributed by atoms with Crippen LogP contribution < -0.4 is 4.90 Å². The number of anilines is 1. The van der Waals surface area contributed by atoms with Gasteiger partial charge in [-0.15, -0.1) is 0 Å². The molecule has 2 aromatic rings. The Hall–Kier alpha value is -1.82. The Kier molecular flexibility index (Phi) is 4.37. The van der Waals surface area contributed by atoms with Crippen molar-refractivity contribution >= 4 is 27.5 Å². The molecule has 0 atom stereocenters. The first-order valence-electron chi connectivity index (χ1n) is 6.00. The summed E-state index contributed by atoms with van der Waals surface area (Å²) in [6.45, 7) is 0. The van der Waals surface area contributed by atoms with Crippen LogP contribution in [0.15, 0.2) is 53.0 Å². The lowest BCUT2D eigenvalue weighted by Gasteiger charge is -2.19. The van der Waals surface area contributed by atoms with Gasteiger partial charge in [0.15, 0.2) is 0 Å². The lowest BCUT2D eigenvalue weighted by atomic mass is 10.1. The first kappa shape index (κ1) is 15.6. The largest absolute Gasteiger partial charge is 0.416 e. The Morgan fingerprint density at radius 2 is 1.62 bits per heavy atom. The lowest BCUT2D eigenvalue weighted by Crippen LogP contribution is -2.26. The molecule has 6 heteroatoms. The number of halogens is 4. The minimum Gasteiger partial charge on any atom is -0.311 e. The van der Waals surface area contributed by atoms with E-state index in [9.17, 15) is 18.0 Å². The third-order valence-corrected chi connectivity index (χ3v) is 3.68. The minimum atomic E-state index is -4.39. The SMILES string of the molecule is CN(C(=O)c1ccccc1Br)c1ccc(C(F)(F)F)cc1. The Bertz CT molecular complexity index is 653. The van der Waals surface area contributed by atoms with Crippen LogP contribution in [0.3, 0.4) is 0 Å². The lowest BCUT2D eigenvalue weighted by molar-refractivity contribution is -0.137. The molecule has 0 radical (unpaired) electrons. The number of amides is 1. The second-order valence-electron chi connectivity index (χ2n) is 4.39. The molecule has 0 saturated heterocycles. The van der Waals surface area contributed by atoms with E-state index in [0.717, 1.165) is 12.1 Å². The van der Waals surface area contributed by atoms with E-state index >= 15 is 0 Å². The molecular formula is C15H11BrF3NO. The molecule has 0 saturated carbocycles. The number of hydrogen-bond donors (Lipinski definition) is 0. The average molecular weight is 358 g/mol. The molecule has 2 aromatic carbocycles. The van der Waals surface area contributed by atoms with Crippen molar-refractivity contribution in [2.75, 3.05) is 11.9 Å². The zero-order chi connectivity index (χ0) is 15.6. The van der Waals surface area contributed by atoms with Crippen LogP contribution in [0.5, 0.6) is 0 Å². The summed E-state index contributed by atoms with van der Waals surface area (Å²) in [6.07, 6.45) is -4.39. The van der Waals surface area contributed by atoms with Crippen LogP contribution in [0, 0.1) is 0 Å². The normalized spacial score (nSPS) is 11.3. The van der Waals surface area contributed by atoms with Crippen LogP contribution in [0.2, 0.25) is 0 Å². The highest BCUT2D eigenvalue weighted by Gasteiger charge is 2.30. The van der Waals surface area contributed by atoms with Gasteiger partial charge in [-0.3, -0.25) is 4.79 Å². The van der Waals surface area contributed by atoms with Crippen molar-refractivity contribution in [1.82, 2.24) is 0 Å². The molecule has 2 rings (SSSR count). The fourth-order valence-electron chi connectivity index (χ4n) is 1.81. The number of nitrogens with zero attached hydrogens (tertiary/aromatic N) is 1. The van der Waals surface area contributed by atoms with Gasteiger partial charge < -0.3 is 4.90 Å². The van der Waals surface area contributed by atoms with E-state index < -0.39 is 11.7 Å². The van der Waals surface area contributed by atoms with Gasteiger partial charge in [-0.2, -0.15) is 13.2 Å². The van der Waals surface area contributed by atoms with Crippen LogP contribution in [-0.4, -0.2) is 13.0 Å². The Balaban J connectivity index is 2.26. The third kappa shape index (κ3) is 3.44. The molecule has 0 fully saturated rings. The molecule has 0 unspecified atom stereocenters. The molecule has 2 nitrogen and oxygen atoms in total. The van der Waals surface area contributed by atoms with Crippen molar-refractivity contribution < 1.29 is 18.0 Å². The van der Waals surface area contributed by atoms with Crippen molar-refractivity contribution in [3.05, 3.63) is 64.1 Å². The summed E-state index contributed by atoms with van der Waals surface area (Å²) in [6, 6.07) is 11.3. The number of carbonyl (C=O) groups excluding carboxylic acids is 1. The maximum absolute atomic E-state index is 12.5. The highest BCUT2D eigenvalue weighted by Crippen LogP contribution is 2.30. The quantitative estimate of drug-likeness (QED) is 0.759. The Labute approximate surface area is 128 Å². The van der Waals surface area contributed by atoms with E-state index in [-0.39, 0.29) is 5.91 Å². The fourth-order valence-corrected chi connectivity index (χ4v) is 2.26. The first-order valence-corrected chi connectivity index (χ1v) is 6.80. The number of benzene rings is 2. The van der Waals surface area contributed by atoms with E-state index in [4.69, 9.17) is 0 Å². The van der Waals surface area contributed by atoms with Gasteiger partial charge in [0.2, 0.25) is 0 Å². The topological polar surface area (TPSA) is 20.3 Å². The van der Waals surface area contributed by atoms with Crippen molar-refractivity contribution in [3.63, 3.8) is 0 Å². The maximum atomic E-state index is 12.5. The van der Waals surface area contributed by atoms with Gasteiger partial charge in [-0.05, 0) is 52.3 Å². The Morgan fingerprint density at radius 1 is 1.05 bits per heavy atom. The number of alkyl halides is 3. The highest BCUT2D eigenvalue weighted by molar-refractivity contribution is 9.10. The molecule has 0 heterocycles. The van der Waals surface area contributed by atoms with E-state index in [2.05, 4.69) is 15.9 Å². The summed E-state index contributed by atoms with van der Waals surface area (Å²) in [5, 5.41) is 0. The van der Waals surface area contributed by atoms with Crippen LogP contribution in [-0.2, 0) is 6.18 Å². The smallest absolute Gasteiger partial charge is 0.311 e. The molecule has 1 amide bonds. The predicted molar refractivity (Wildman–Crippen MR) is 78.3 cm³/mol. The van der Waals surface area contributed by atoms with E-state index in [1.165, 1.54) is 24.1 Å². The zero-order valence-electron chi connectivity index (χ0n) is 11.0. The molecule has 21 heavy (non-hydrogen) atoms. The average Bonchev–Trinajstić information content (AvgIpc) is 2.45. The van der Waals surface area contributed by atoms with E-state index in [1.54, 1.807) is 24.3 Å². The third-order valence-electron chi connectivity index (χ3n) is 2.99. The van der Waals surface area contributed by atoms with Crippen molar-refractivity contribution in [2.24, 2.45) is 0 Å². The molecule has 0 aliphatic carbocycles.